The van der Waals surface area contributed by atoms with Crippen LogP contribution in [0, 0.1) is 0 Å². The van der Waals surface area contributed by atoms with Crippen molar-refractivity contribution in [3.05, 3.63) is 0 Å². The Balaban J connectivity index is 0. The second-order valence-corrected chi connectivity index (χ2v) is 9.62. The zero-order valence-electron chi connectivity index (χ0n) is 21.2. The predicted molar refractivity (Wildman–Crippen MR) is 121 cm³/mol. The minimum atomic E-state index is -4.92. The van der Waals surface area contributed by atoms with Crippen LogP contribution in [0.15, 0.2) is 0 Å². The molecule has 0 aliphatic carbocycles. The summed E-state index contributed by atoms with van der Waals surface area (Å²) in [7, 11) is -4.92. The number of unbranched alkanes of at least 4 members (excludes halogenated alkanes) is 11. The van der Waals surface area contributed by atoms with Crippen molar-refractivity contribution in [1.29, 1.82) is 0 Å². The molecule has 0 amide bonds. The maximum atomic E-state index is 12.2. The molecule has 0 fully saturated rings. The summed E-state index contributed by atoms with van der Waals surface area (Å²) in [6.07, 6.45) is 14.9. The normalized spacial score (nSPS) is 14.3. The first-order valence-electron chi connectivity index (χ1n) is 12.1. The van der Waals surface area contributed by atoms with E-state index in [4.69, 9.17) is 14.2 Å². The third-order valence-corrected chi connectivity index (χ3v) is 6.94. The summed E-state index contributed by atoms with van der Waals surface area (Å²) in [4.78, 5) is 0. The Bertz CT molecular complexity index is 508. The summed E-state index contributed by atoms with van der Waals surface area (Å²) >= 11 is 0. The van der Waals surface area contributed by atoms with E-state index in [1.54, 1.807) is 27.7 Å². The predicted octanol–water partition coefficient (Wildman–Crippen LogP) is 3.15. The van der Waals surface area contributed by atoms with Gasteiger partial charge < -0.3 is 18.8 Å². The largest absolute Gasteiger partial charge is 1.00 e. The van der Waals surface area contributed by atoms with E-state index in [0.29, 0.717) is 6.42 Å². The summed E-state index contributed by atoms with van der Waals surface area (Å²) in [5.41, 5.74) is -1.35. The minimum Gasteiger partial charge on any atom is -0.744 e. The Morgan fingerprint density at radius 2 is 1.00 bits per heavy atom. The van der Waals surface area contributed by atoms with Crippen molar-refractivity contribution in [2.24, 2.45) is 0 Å². The Labute approximate surface area is 214 Å². The molecule has 0 aliphatic heterocycles. The monoisotopic (exact) mass is 474 g/mol. The van der Waals surface area contributed by atoms with E-state index >= 15 is 0 Å². The molecular weight excluding hydrogens is 427 g/mol. The Hall–Kier alpha value is 0.790. The van der Waals surface area contributed by atoms with E-state index in [1.165, 1.54) is 57.8 Å². The van der Waals surface area contributed by atoms with Crippen LogP contribution in [0.2, 0.25) is 0 Å². The zero-order valence-corrected chi connectivity index (χ0v) is 24.0. The van der Waals surface area contributed by atoms with Gasteiger partial charge in [0.05, 0.1) is 0 Å². The second-order valence-electron chi connectivity index (χ2n) is 8.18. The van der Waals surface area contributed by atoms with Gasteiger partial charge in [0.1, 0.15) is 5.60 Å². The van der Waals surface area contributed by atoms with Gasteiger partial charge >= 0.3 is 29.6 Å². The topological polar surface area (TPSA) is 84.9 Å². The summed E-state index contributed by atoms with van der Waals surface area (Å²) in [6.45, 7) is 9.29. The van der Waals surface area contributed by atoms with Crippen molar-refractivity contribution in [3.63, 3.8) is 0 Å². The average Bonchev–Trinajstić information content (AvgIpc) is 2.68. The van der Waals surface area contributed by atoms with E-state index in [2.05, 4.69) is 6.92 Å². The molecule has 0 rings (SSSR count). The fourth-order valence-electron chi connectivity index (χ4n) is 4.07. The van der Waals surface area contributed by atoms with Gasteiger partial charge in [-0.15, -0.1) is 0 Å². The van der Waals surface area contributed by atoms with Gasteiger partial charge in [0.2, 0.25) is 0 Å². The quantitative estimate of drug-likeness (QED) is 0.110. The molecule has 0 saturated carbocycles. The van der Waals surface area contributed by atoms with E-state index in [0.717, 1.165) is 19.3 Å². The molecule has 6 nitrogen and oxygen atoms in total. The Morgan fingerprint density at radius 1 is 0.645 bits per heavy atom. The van der Waals surface area contributed by atoms with Crippen LogP contribution in [0.3, 0.4) is 0 Å². The molecule has 0 bridgehead atoms. The molecule has 0 N–H and O–H groups in total. The number of hydrogen-bond acceptors (Lipinski definition) is 6. The second kappa shape index (κ2) is 19.1. The van der Waals surface area contributed by atoms with Gasteiger partial charge in [-0.3, -0.25) is 0 Å². The summed E-state index contributed by atoms with van der Waals surface area (Å²) in [5, 5.41) is -2.32. The van der Waals surface area contributed by atoms with Gasteiger partial charge in [-0.25, -0.2) is 8.42 Å². The fraction of sp³-hybridized carbons (Fsp3) is 1.00. The molecule has 182 valence electrons. The van der Waals surface area contributed by atoms with Crippen molar-refractivity contribution in [2.45, 2.75) is 129 Å². The SMILES string of the molecule is CCCCCCCCCCCCCCC(C)(OCC)C(OCC)(OCC)S(=O)(=O)[O-].[Na+]. The molecule has 0 aromatic heterocycles. The van der Waals surface area contributed by atoms with E-state index in [-0.39, 0.29) is 49.4 Å². The number of rotatable bonds is 21. The van der Waals surface area contributed by atoms with Crippen molar-refractivity contribution in [3.8, 4) is 0 Å². The molecule has 0 aromatic rings. The molecule has 0 radical (unpaired) electrons. The maximum absolute atomic E-state index is 12.2. The molecule has 8 heteroatoms. The summed E-state index contributed by atoms with van der Waals surface area (Å²) in [5.74, 6) is 0. The van der Waals surface area contributed by atoms with E-state index in [9.17, 15) is 13.0 Å². The van der Waals surface area contributed by atoms with E-state index < -0.39 is 20.8 Å². The zero-order chi connectivity index (χ0) is 22.9. The average molecular weight is 475 g/mol. The van der Waals surface area contributed by atoms with Crippen LogP contribution in [-0.2, 0) is 24.3 Å². The smallest absolute Gasteiger partial charge is 0.744 e. The van der Waals surface area contributed by atoms with Crippen LogP contribution in [-0.4, -0.2) is 43.5 Å². The molecule has 1 unspecified atom stereocenters. The Morgan fingerprint density at radius 3 is 1.32 bits per heavy atom. The van der Waals surface area contributed by atoms with Crippen LogP contribution in [0.5, 0.6) is 0 Å². The molecule has 0 spiro atoms. The Kier molecular flexibility index (Phi) is 21.0. The minimum absolute atomic E-state index is 0. The molecular formula is C23H47NaO6S. The third-order valence-electron chi connectivity index (χ3n) is 5.62. The molecule has 0 aromatic carbocycles. The molecule has 0 heterocycles. The third kappa shape index (κ3) is 12.2. The van der Waals surface area contributed by atoms with Gasteiger partial charge in [-0.2, -0.15) is 0 Å². The first-order chi connectivity index (χ1) is 14.2. The van der Waals surface area contributed by atoms with Gasteiger partial charge in [0, 0.05) is 19.8 Å². The standard InChI is InChI=1S/C23H48O6S.Na/c1-6-10-11-12-13-14-15-16-17-18-19-20-21-22(5,27-7-2)23(28-8-3,29-9-4)30(24,25)26;/h6-21H2,1-5H3,(H,24,25,26);/q;+1/p-1. The molecule has 1 atom stereocenters. The van der Waals surface area contributed by atoms with Gasteiger partial charge in [0.25, 0.3) is 5.12 Å². The van der Waals surface area contributed by atoms with Crippen LogP contribution in [0.4, 0.5) is 0 Å². The molecule has 0 aliphatic rings. The molecule has 31 heavy (non-hydrogen) atoms. The van der Waals surface area contributed by atoms with Crippen LogP contribution < -0.4 is 29.6 Å². The fourth-order valence-corrected chi connectivity index (χ4v) is 5.29. The van der Waals surface area contributed by atoms with Gasteiger partial charge in [-0.1, -0.05) is 84.0 Å². The number of hydrogen-bond donors (Lipinski definition) is 0. The van der Waals surface area contributed by atoms with E-state index in [1.807, 2.05) is 0 Å². The van der Waals surface area contributed by atoms with Crippen LogP contribution >= 0.6 is 0 Å². The maximum Gasteiger partial charge on any atom is 1.00 e. The number of ether oxygens (including phenoxy) is 3. The van der Waals surface area contributed by atoms with Crippen LogP contribution in [0.1, 0.15) is 118 Å². The first-order valence-corrected chi connectivity index (χ1v) is 13.5. The molecule has 0 saturated heterocycles. The van der Waals surface area contributed by atoms with Gasteiger partial charge in [0.15, 0.2) is 10.1 Å². The summed E-state index contributed by atoms with van der Waals surface area (Å²) in [6, 6.07) is 0. The summed E-state index contributed by atoms with van der Waals surface area (Å²) < 4.78 is 53.3. The van der Waals surface area contributed by atoms with Crippen molar-refractivity contribution >= 4 is 10.1 Å². The van der Waals surface area contributed by atoms with Gasteiger partial charge in [-0.05, 0) is 34.1 Å². The van der Waals surface area contributed by atoms with Crippen molar-refractivity contribution < 1.29 is 56.7 Å². The first kappa shape index (κ1) is 34.0. The van der Waals surface area contributed by atoms with Crippen molar-refractivity contribution in [1.82, 2.24) is 0 Å². The van der Waals surface area contributed by atoms with Crippen molar-refractivity contribution in [2.75, 3.05) is 19.8 Å². The van der Waals surface area contributed by atoms with Crippen LogP contribution in [0.25, 0.3) is 0 Å².